The molecule has 4 nitrogen and oxygen atoms in total. The Labute approximate surface area is 129 Å². The van der Waals surface area contributed by atoms with Crippen molar-refractivity contribution in [1.29, 1.82) is 0 Å². The first kappa shape index (κ1) is 12.7. The predicted molar refractivity (Wildman–Crippen MR) is 90.0 cm³/mol. The Hall–Kier alpha value is -3.01. The van der Waals surface area contributed by atoms with E-state index in [0.29, 0.717) is 0 Å². The quantitative estimate of drug-likeness (QED) is 0.759. The van der Waals surface area contributed by atoms with Crippen LogP contribution in [0.2, 0.25) is 0 Å². The number of H-pyrrole nitrogens is 1. The third kappa shape index (κ3) is 2.35. The number of aromatic nitrogens is 1. The van der Waals surface area contributed by atoms with E-state index in [2.05, 4.69) is 39.7 Å². The fourth-order valence-corrected chi connectivity index (χ4v) is 2.68. The number of rotatable bonds is 3. The van der Waals surface area contributed by atoms with E-state index in [9.17, 15) is 0 Å². The Morgan fingerprint density at radius 3 is 2.45 bits per heavy atom. The fourth-order valence-electron chi connectivity index (χ4n) is 2.68. The number of aromatic amines is 1. The lowest BCUT2D eigenvalue weighted by Crippen LogP contribution is -2.29. The van der Waals surface area contributed by atoms with Crippen LogP contribution in [0, 0.1) is 0 Å². The monoisotopic (exact) mass is 288 g/mol. The molecular weight excluding hydrogens is 272 g/mol. The maximum absolute atomic E-state index is 4.50. The summed E-state index contributed by atoms with van der Waals surface area (Å²) in [6, 6.07) is 20.5. The van der Waals surface area contributed by atoms with Crippen LogP contribution in [0.25, 0.3) is 11.1 Å². The molecule has 22 heavy (non-hydrogen) atoms. The van der Waals surface area contributed by atoms with Crippen molar-refractivity contribution in [3.8, 4) is 11.1 Å². The molecule has 0 spiro atoms. The second-order valence-corrected chi connectivity index (χ2v) is 5.25. The zero-order valence-electron chi connectivity index (χ0n) is 12.0. The minimum Gasteiger partial charge on any atom is -0.346 e. The standard InChI is InChI=1S/C18H16N4/c1-3-7-14(8-4-1)16-11-19-18-17(16)12-22(13-20-18)21-15-9-5-2-6-10-15/h1-11,13,19,21H,12H2. The van der Waals surface area contributed by atoms with Gasteiger partial charge in [-0.3, -0.25) is 10.4 Å². The summed E-state index contributed by atoms with van der Waals surface area (Å²) in [4.78, 5) is 7.76. The van der Waals surface area contributed by atoms with Crippen molar-refractivity contribution in [3.05, 3.63) is 72.4 Å². The minimum atomic E-state index is 0.765. The average molecular weight is 288 g/mol. The number of hydrazine groups is 1. The number of aliphatic imine (C=N–C) groups is 1. The van der Waals surface area contributed by atoms with Crippen LogP contribution in [0.3, 0.4) is 0 Å². The molecule has 3 aromatic rings. The zero-order valence-corrected chi connectivity index (χ0v) is 12.0. The molecule has 0 unspecified atom stereocenters. The lowest BCUT2D eigenvalue weighted by molar-refractivity contribution is 0.500. The number of hydrogen-bond acceptors (Lipinski definition) is 3. The third-order valence-electron chi connectivity index (χ3n) is 3.75. The molecule has 0 amide bonds. The number of anilines is 1. The van der Waals surface area contributed by atoms with Crippen molar-refractivity contribution < 1.29 is 0 Å². The summed E-state index contributed by atoms with van der Waals surface area (Å²) in [7, 11) is 0. The molecule has 0 saturated heterocycles. The topological polar surface area (TPSA) is 43.4 Å². The molecular formula is C18H16N4. The van der Waals surface area contributed by atoms with Gasteiger partial charge < -0.3 is 4.98 Å². The van der Waals surface area contributed by atoms with Crippen molar-refractivity contribution in [3.63, 3.8) is 0 Å². The number of benzene rings is 2. The molecule has 4 rings (SSSR count). The van der Waals surface area contributed by atoms with Crippen molar-refractivity contribution in [2.24, 2.45) is 4.99 Å². The Balaban J connectivity index is 1.61. The Bertz CT molecular complexity index is 790. The highest BCUT2D eigenvalue weighted by Crippen LogP contribution is 2.33. The molecule has 2 aromatic carbocycles. The van der Waals surface area contributed by atoms with E-state index in [-0.39, 0.29) is 0 Å². The largest absolute Gasteiger partial charge is 0.346 e. The molecule has 0 atom stereocenters. The van der Waals surface area contributed by atoms with E-state index < -0.39 is 0 Å². The fraction of sp³-hybridized carbons (Fsp3) is 0.0556. The van der Waals surface area contributed by atoms with Crippen molar-refractivity contribution in [2.75, 3.05) is 5.43 Å². The van der Waals surface area contributed by atoms with Crippen LogP contribution in [0.5, 0.6) is 0 Å². The van der Waals surface area contributed by atoms with Crippen LogP contribution < -0.4 is 5.43 Å². The second-order valence-electron chi connectivity index (χ2n) is 5.25. The van der Waals surface area contributed by atoms with Gasteiger partial charge in [0.15, 0.2) is 0 Å². The summed E-state index contributed by atoms with van der Waals surface area (Å²) in [5.41, 5.74) is 8.02. The van der Waals surface area contributed by atoms with E-state index in [0.717, 1.165) is 18.1 Å². The van der Waals surface area contributed by atoms with Gasteiger partial charge >= 0.3 is 0 Å². The first-order valence-corrected chi connectivity index (χ1v) is 7.28. The van der Waals surface area contributed by atoms with Gasteiger partial charge in [0.2, 0.25) is 0 Å². The number of fused-ring (bicyclic) bond motifs is 1. The Morgan fingerprint density at radius 1 is 0.955 bits per heavy atom. The van der Waals surface area contributed by atoms with Gasteiger partial charge in [0.05, 0.1) is 12.2 Å². The van der Waals surface area contributed by atoms with Crippen molar-refractivity contribution in [1.82, 2.24) is 9.99 Å². The molecule has 1 aromatic heterocycles. The van der Waals surface area contributed by atoms with E-state index in [1.54, 1.807) is 0 Å². The maximum atomic E-state index is 4.50. The highest BCUT2D eigenvalue weighted by Gasteiger charge is 2.18. The van der Waals surface area contributed by atoms with Crippen LogP contribution in [0.1, 0.15) is 5.56 Å². The lowest BCUT2D eigenvalue weighted by atomic mass is 10.0. The SMILES string of the molecule is C1=Nc2[nH]cc(-c3ccccc3)c2CN1Nc1ccccc1. The summed E-state index contributed by atoms with van der Waals surface area (Å²) in [6.07, 6.45) is 3.85. The van der Waals surface area contributed by atoms with Gasteiger partial charge in [-0.1, -0.05) is 48.5 Å². The van der Waals surface area contributed by atoms with Crippen molar-refractivity contribution >= 4 is 17.8 Å². The highest BCUT2D eigenvalue weighted by molar-refractivity contribution is 5.76. The molecule has 0 bridgehead atoms. The summed E-state index contributed by atoms with van der Waals surface area (Å²) in [5, 5.41) is 2.00. The van der Waals surface area contributed by atoms with Crippen LogP contribution in [-0.2, 0) is 6.54 Å². The van der Waals surface area contributed by atoms with Crippen LogP contribution in [-0.4, -0.2) is 16.3 Å². The number of para-hydroxylation sites is 1. The molecule has 1 aliphatic rings. The molecule has 0 radical (unpaired) electrons. The van der Waals surface area contributed by atoms with Crippen molar-refractivity contribution in [2.45, 2.75) is 6.54 Å². The predicted octanol–water partition coefficient (Wildman–Crippen LogP) is 4.18. The molecule has 0 fully saturated rings. The van der Waals surface area contributed by atoms with Gasteiger partial charge in [0.1, 0.15) is 12.2 Å². The molecule has 2 N–H and O–H groups in total. The highest BCUT2D eigenvalue weighted by atomic mass is 15.5. The van der Waals surface area contributed by atoms with E-state index in [4.69, 9.17) is 0 Å². The third-order valence-corrected chi connectivity index (χ3v) is 3.75. The number of hydrogen-bond donors (Lipinski definition) is 2. The van der Waals surface area contributed by atoms with Gasteiger partial charge in [0, 0.05) is 17.3 Å². The summed E-state index contributed by atoms with van der Waals surface area (Å²) in [6.45, 7) is 0.765. The van der Waals surface area contributed by atoms with E-state index in [1.807, 2.05) is 53.9 Å². The zero-order chi connectivity index (χ0) is 14.8. The second kappa shape index (κ2) is 5.41. The Kier molecular flexibility index (Phi) is 3.12. The number of nitrogens with one attached hydrogen (secondary N) is 2. The van der Waals surface area contributed by atoms with E-state index >= 15 is 0 Å². The molecule has 0 aliphatic carbocycles. The average Bonchev–Trinajstić information content (AvgIpc) is 3.00. The molecule has 4 heteroatoms. The molecule has 108 valence electrons. The molecule has 1 aliphatic heterocycles. The van der Waals surface area contributed by atoms with Crippen LogP contribution >= 0.6 is 0 Å². The molecule has 2 heterocycles. The lowest BCUT2D eigenvalue weighted by Gasteiger charge is -2.25. The smallest absolute Gasteiger partial charge is 0.137 e. The minimum absolute atomic E-state index is 0.765. The Morgan fingerprint density at radius 2 is 1.68 bits per heavy atom. The normalized spacial score (nSPS) is 13.0. The first-order valence-electron chi connectivity index (χ1n) is 7.28. The molecule has 0 saturated carbocycles. The maximum Gasteiger partial charge on any atom is 0.137 e. The summed E-state index contributed by atoms with van der Waals surface area (Å²) in [5.74, 6) is 0.935. The van der Waals surface area contributed by atoms with Gasteiger partial charge in [-0.2, -0.15) is 0 Å². The summed E-state index contributed by atoms with van der Waals surface area (Å²) < 4.78 is 0. The van der Waals surface area contributed by atoms with Gasteiger partial charge in [0.25, 0.3) is 0 Å². The van der Waals surface area contributed by atoms with Crippen LogP contribution in [0.4, 0.5) is 11.5 Å². The van der Waals surface area contributed by atoms with Gasteiger partial charge in [-0.05, 0) is 17.7 Å². The first-order chi connectivity index (χ1) is 10.9. The van der Waals surface area contributed by atoms with Gasteiger partial charge in [-0.25, -0.2) is 4.99 Å². The van der Waals surface area contributed by atoms with E-state index in [1.165, 1.54) is 16.7 Å². The number of nitrogens with zero attached hydrogens (tertiary/aromatic N) is 2. The van der Waals surface area contributed by atoms with Gasteiger partial charge in [-0.15, -0.1) is 0 Å². The summed E-state index contributed by atoms with van der Waals surface area (Å²) >= 11 is 0. The van der Waals surface area contributed by atoms with Crippen LogP contribution in [0.15, 0.2) is 71.9 Å².